The van der Waals surface area contributed by atoms with E-state index < -0.39 is 10.0 Å². The summed E-state index contributed by atoms with van der Waals surface area (Å²) in [5, 5.41) is 0. The lowest BCUT2D eigenvalue weighted by Gasteiger charge is -2.26. The van der Waals surface area contributed by atoms with Gasteiger partial charge in [-0.2, -0.15) is 0 Å². The van der Waals surface area contributed by atoms with Crippen LogP contribution in [0.3, 0.4) is 0 Å². The van der Waals surface area contributed by atoms with Crippen molar-refractivity contribution in [3.05, 3.63) is 29.8 Å². The van der Waals surface area contributed by atoms with Crippen LogP contribution in [0.4, 0.5) is 0 Å². The minimum atomic E-state index is -3.49. The Bertz CT molecular complexity index is 606. The van der Waals surface area contributed by atoms with Crippen molar-refractivity contribution in [2.45, 2.75) is 37.5 Å². The van der Waals surface area contributed by atoms with Crippen molar-refractivity contribution < 1.29 is 8.42 Å². The van der Waals surface area contributed by atoms with Gasteiger partial charge in [-0.3, -0.25) is 0 Å². The Morgan fingerprint density at radius 1 is 1.33 bits per heavy atom. The maximum atomic E-state index is 12.3. The number of hydrogen-bond acceptors (Lipinski definition) is 3. The maximum Gasteiger partial charge on any atom is 0.240 e. The Kier molecular flexibility index (Phi) is 5.35. The summed E-state index contributed by atoms with van der Waals surface area (Å²) in [5.41, 5.74) is 6.11. The molecule has 21 heavy (non-hydrogen) atoms. The standard InChI is InChI=1S/C15H22N2O2S2/c1-11-5-7-12(8-6-11)10-17-21(18,19)14-4-2-3-13(9-14)15(16)20/h2-4,9,11-12,17H,5-8,10H2,1H3,(H2,16,20). The predicted molar refractivity (Wildman–Crippen MR) is 88.6 cm³/mol. The lowest BCUT2D eigenvalue weighted by Crippen LogP contribution is -2.31. The normalized spacial score (nSPS) is 22.9. The fraction of sp³-hybridized carbons (Fsp3) is 0.533. The molecule has 1 saturated carbocycles. The van der Waals surface area contributed by atoms with E-state index in [9.17, 15) is 8.42 Å². The Morgan fingerprint density at radius 3 is 2.62 bits per heavy atom. The maximum absolute atomic E-state index is 12.3. The molecular weight excluding hydrogens is 304 g/mol. The van der Waals surface area contributed by atoms with Crippen molar-refractivity contribution in [1.29, 1.82) is 0 Å². The summed E-state index contributed by atoms with van der Waals surface area (Å²) in [4.78, 5) is 0.422. The zero-order valence-corrected chi connectivity index (χ0v) is 13.8. The third kappa shape index (κ3) is 4.49. The van der Waals surface area contributed by atoms with Crippen LogP contribution >= 0.6 is 12.2 Å². The Hall–Kier alpha value is -0.980. The van der Waals surface area contributed by atoms with Crippen LogP contribution in [0.2, 0.25) is 0 Å². The van der Waals surface area contributed by atoms with Gasteiger partial charge < -0.3 is 5.73 Å². The highest BCUT2D eigenvalue weighted by Crippen LogP contribution is 2.28. The van der Waals surface area contributed by atoms with Crippen LogP contribution in [0.5, 0.6) is 0 Å². The molecule has 1 aliphatic carbocycles. The summed E-state index contributed by atoms with van der Waals surface area (Å²) < 4.78 is 27.4. The van der Waals surface area contributed by atoms with Crippen molar-refractivity contribution >= 4 is 27.2 Å². The topological polar surface area (TPSA) is 72.2 Å². The molecule has 1 aliphatic rings. The summed E-state index contributed by atoms with van der Waals surface area (Å²) in [7, 11) is -3.49. The quantitative estimate of drug-likeness (QED) is 0.815. The van der Waals surface area contributed by atoms with Crippen molar-refractivity contribution in [3.63, 3.8) is 0 Å². The Morgan fingerprint density at radius 2 is 2.00 bits per heavy atom. The van der Waals surface area contributed by atoms with Crippen molar-refractivity contribution in [1.82, 2.24) is 4.72 Å². The molecule has 0 bridgehead atoms. The molecular formula is C15H22N2O2S2. The first-order chi connectivity index (χ1) is 9.88. The molecule has 6 heteroatoms. The lowest BCUT2D eigenvalue weighted by molar-refractivity contribution is 0.290. The highest BCUT2D eigenvalue weighted by molar-refractivity contribution is 7.89. The molecule has 4 nitrogen and oxygen atoms in total. The number of hydrogen-bond donors (Lipinski definition) is 2. The third-order valence-electron chi connectivity index (χ3n) is 4.13. The molecule has 0 aromatic heterocycles. The van der Waals surface area contributed by atoms with Gasteiger partial charge in [0.15, 0.2) is 0 Å². The second-order valence-corrected chi connectivity index (χ2v) is 8.08. The van der Waals surface area contributed by atoms with Gasteiger partial charge in [0.2, 0.25) is 10.0 Å². The molecule has 0 amide bonds. The summed E-state index contributed by atoms with van der Waals surface area (Å²) in [6.07, 6.45) is 4.56. The number of nitrogens with two attached hydrogens (primary N) is 1. The SMILES string of the molecule is CC1CCC(CNS(=O)(=O)c2cccc(C(N)=S)c2)CC1. The molecule has 1 aromatic rings. The van der Waals surface area contributed by atoms with Crippen LogP contribution in [0, 0.1) is 11.8 Å². The van der Waals surface area contributed by atoms with Gasteiger partial charge in [0.1, 0.15) is 4.99 Å². The van der Waals surface area contributed by atoms with Gasteiger partial charge in [0.05, 0.1) is 4.90 Å². The number of sulfonamides is 1. The number of thiocarbonyl (C=S) groups is 1. The van der Waals surface area contributed by atoms with Crippen LogP contribution in [-0.4, -0.2) is 20.0 Å². The fourth-order valence-corrected chi connectivity index (χ4v) is 3.95. The van der Waals surface area contributed by atoms with Gasteiger partial charge in [-0.1, -0.05) is 44.1 Å². The fourth-order valence-electron chi connectivity index (χ4n) is 2.66. The van der Waals surface area contributed by atoms with Gasteiger partial charge in [-0.25, -0.2) is 13.1 Å². The highest BCUT2D eigenvalue weighted by Gasteiger charge is 2.21. The third-order valence-corrected chi connectivity index (χ3v) is 5.78. The molecule has 116 valence electrons. The molecule has 0 spiro atoms. The summed E-state index contributed by atoms with van der Waals surface area (Å²) in [6, 6.07) is 6.45. The molecule has 0 saturated heterocycles. The van der Waals surface area contributed by atoms with Crippen molar-refractivity contribution in [2.75, 3.05) is 6.54 Å². The minimum Gasteiger partial charge on any atom is -0.389 e. The van der Waals surface area contributed by atoms with E-state index in [1.807, 2.05) is 0 Å². The Balaban J connectivity index is 2.01. The molecule has 0 radical (unpaired) electrons. The summed E-state index contributed by atoms with van der Waals surface area (Å²) in [6.45, 7) is 2.76. The molecule has 2 rings (SSSR count). The van der Waals surface area contributed by atoms with Crippen LogP contribution in [0.1, 0.15) is 38.2 Å². The van der Waals surface area contributed by atoms with Gasteiger partial charge in [-0.15, -0.1) is 0 Å². The average Bonchev–Trinajstić information content (AvgIpc) is 2.47. The van der Waals surface area contributed by atoms with Crippen LogP contribution < -0.4 is 10.5 Å². The average molecular weight is 326 g/mol. The predicted octanol–water partition coefficient (Wildman–Crippen LogP) is 2.43. The smallest absolute Gasteiger partial charge is 0.240 e. The van der Waals surface area contributed by atoms with Crippen LogP contribution in [0.25, 0.3) is 0 Å². The number of nitrogens with one attached hydrogen (secondary N) is 1. The van der Waals surface area contributed by atoms with E-state index in [4.69, 9.17) is 18.0 Å². The van der Waals surface area contributed by atoms with Gasteiger partial charge in [-0.05, 0) is 36.8 Å². The summed E-state index contributed by atoms with van der Waals surface area (Å²) >= 11 is 4.89. The zero-order chi connectivity index (χ0) is 15.5. The first kappa shape index (κ1) is 16.4. The second-order valence-electron chi connectivity index (χ2n) is 5.87. The first-order valence-electron chi connectivity index (χ1n) is 7.28. The van der Waals surface area contributed by atoms with Crippen molar-refractivity contribution in [2.24, 2.45) is 17.6 Å². The molecule has 0 aliphatic heterocycles. The molecule has 0 heterocycles. The van der Waals surface area contributed by atoms with E-state index in [-0.39, 0.29) is 9.88 Å². The van der Waals surface area contributed by atoms with Gasteiger partial charge in [0, 0.05) is 12.1 Å². The second kappa shape index (κ2) is 6.85. The van der Waals surface area contributed by atoms with E-state index in [1.54, 1.807) is 18.2 Å². The van der Waals surface area contributed by atoms with Crippen molar-refractivity contribution in [3.8, 4) is 0 Å². The molecule has 3 N–H and O–H groups in total. The van der Waals surface area contributed by atoms with E-state index in [1.165, 1.54) is 18.9 Å². The number of rotatable bonds is 5. The monoisotopic (exact) mass is 326 g/mol. The lowest BCUT2D eigenvalue weighted by atomic mass is 9.83. The highest BCUT2D eigenvalue weighted by atomic mass is 32.2. The minimum absolute atomic E-state index is 0.202. The van der Waals surface area contributed by atoms with Crippen LogP contribution in [0.15, 0.2) is 29.2 Å². The van der Waals surface area contributed by atoms with E-state index >= 15 is 0 Å². The molecule has 1 aromatic carbocycles. The largest absolute Gasteiger partial charge is 0.389 e. The van der Waals surface area contributed by atoms with Crippen LogP contribution in [-0.2, 0) is 10.0 Å². The van der Waals surface area contributed by atoms with E-state index in [2.05, 4.69) is 11.6 Å². The number of benzene rings is 1. The first-order valence-corrected chi connectivity index (χ1v) is 9.17. The van der Waals surface area contributed by atoms with Gasteiger partial charge >= 0.3 is 0 Å². The molecule has 0 atom stereocenters. The Labute approximate surface area is 132 Å². The molecule has 1 fully saturated rings. The molecule has 0 unspecified atom stereocenters. The van der Waals surface area contributed by atoms with Gasteiger partial charge in [0.25, 0.3) is 0 Å². The van der Waals surface area contributed by atoms with E-state index in [0.29, 0.717) is 18.0 Å². The zero-order valence-electron chi connectivity index (χ0n) is 12.2. The van der Waals surface area contributed by atoms with E-state index in [0.717, 1.165) is 18.8 Å². The summed E-state index contributed by atoms with van der Waals surface area (Å²) in [5.74, 6) is 1.20.